The number of carbonyl (C=O) groups excluding carboxylic acids is 1. The lowest BCUT2D eigenvalue weighted by Gasteiger charge is -2.16. The lowest BCUT2D eigenvalue weighted by molar-refractivity contribution is 0.0949. The van der Waals surface area contributed by atoms with E-state index in [-0.39, 0.29) is 11.3 Å². The number of benzene rings is 2. The maximum Gasteiger partial charge on any atom is 0.251 e. The van der Waals surface area contributed by atoms with Crippen LogP contribution in [0.25, 0.3) is 10.9 Å². The van der Waals surface area contributed by atoms with E-state index >= 15 is 0 Å². The molecule has 25 heavy (non-hydrogen) atoms. The monoisotopic (exact) mass is 334 g/mol. The highest BCUT2D eigenvalue weighted by Crippen LogP contribution is 2.50. The van der Waals surface area contributed by atoms with E-state index in [4.69, 9.17) is 4.74 Å². The van der Waals surface area contributed by atoms with Gasteiger partial charge in [-0.3, -0.25) is 4.79 Å². The Bertz CT molecular complexity index is 921. The van der Waals surface area contributed by atoms with Crippen molar-refractivity contribution in [1.29, 1.82) is 0 Å². The summed E-state index contributed by atoms with van der Waals surface area (Å²) in [4.78, 5) is 12.5. The number of fused-ring (bicyclic) bond motifs is 1. The molecule has 1 aliphatic rings. The number of carbonyl (C=O) groups is 1. The lowest BCUT2D eigenvalue weighted by Crippen LogP contribution is -2.32. The Balaban J connectivity index is 1.52. The fourth-order valence-corrected chi connectivity index (χ4v) is 3.55. The van der Waals surface area contributed by atoms with E-state index < -0.39 is 0 Å². The van der Waals surface area contributed by atoms with E-state index in [0.717, 1.165) is 18.6 Å². The summed E-state index contributed by atoms with van der Waals surface area (Å²) < 4.78 is 7.32. The molecule has 0 spiro atoms. The summed E-state index contributed by atoms with van der Waals surface area (Å²) >= 11 is 0. The highest BCUT2D eigenvalue weighted by molar-refractivity contribution is 5.94. The van der Waals surface area contributed by atoms with Crippen molar-refractivity contribution < 1.29 is 9.53 Å². The van der Waals surface area contributed by atoms with E-state index in [2.05, 4.69) is 47.4 Å². The Morgan fingerprint density at radius 1 is 1.16 bits per heavy atom. The SMILES string of the molecule is COc1ccc(C(=O)NCC2(c3cn(C)c4ccccc34)CC2)cc1. The molecule has 1 aliphatic carbocycles. The van der Waals surface area contributed by atoms with Crippen molar-refractivity contribution in [2.45, 2.75) is 18.3 Å². The van der Waals surface area contributed by atoms with Gasteiger partial charge in [0.1, 0.15) is 5.75 Å². The Hall–Kier alpha value is -2.75. The average Bonchev–Trinajstić information content (AvgIpc) is 3.37. The molecule has 0 aliphatic heterocycles. The van der Waals surface area contributed by atoms with E-state index in [9.17, 15) is 4.79 Å². The summed E-state index contributed by atoms with van der Waals surface area (Å²) in [6.07, 6.45) is 4.45. The van der Waals surface area contributed by atoms with Crippen LogP contribution in [0.4, 0.5) is 0 Å². The number of rotatable bonds is 5. The van der Waals surface area contributed by atoms with Crippen molar-refractivity contribution in [2.24, 2.45) is 7.05 Å². The lowest BCUT2D eigenvalue weighted by atomic mass is 9.95. The van der Waals surface area contributed by atoms with Crippen LogP contribution in [-0.4, -0.2) is 24.1 Å². The van der Waals surface area contributed by atoms with Gasteiger partial charge in [0.15, 0.2) is 0 Å². The highest BCUT2D eigenvalue weighted by Gasteiger charge is 2.46. The smallest absolute Gasteiger partial charge is 0.251 e. The zero-order valence-corrected chi connectivity index (χ0v) is 14.6. The third-order valence-corrected chi connectivity index (χ3v) is 5.26. The van der Waals surface area contributed by atoms with Gasteiger partial charge in [0.05, 0.1) is 7.11 Å². The van der Waals surface area contributed by atoms with E-state index in [1.54, 1.807) is 19.2 Å². The minimum atomic E-state index is -0.0332. The summed E-state index contributed by atoms with van der Waals surface area (Å²) in [5.41, 5.74) is 3.32. The number of para-hydroxylation sites is 1. The molecule has 0 atom stereocenters. The van der Waals surface area contributed by atoms with Crippen LogP contribution >= 0.6 is 0 Å². The van der Waals surface area contributed by atoms with Gasteiger partial charge in [-0.2, -0.15) is 0 Å². The number of ether oxygens (including phenoxy) is 1. The Morgan fingerprint density at radius 3 is 2.56 bits per heavy atom. The molecular weight excluding hydrogens is 312 g/mol. The number of nitrogens with one attached hydrogen (secondary N) is 1. The number of aromatic nitrogens is 1. The molecular formula is C21H22N2O2. The van der Waals surface area contributed by atoms with E-state index in [1.165, 1.54) is 16.5 Å². The molecule has 4 rings (SSSR count). The second-order valence-electron chi connectivity index (χ2n) is 6.86. The molecule has 0 radical (unpaired) electrons. The average molecular weight is 334 g/mol. The number of amides is 1. The molecule has 1 aromatic heterocycles. The Labute approximate surface area is 147 Å². The van der Waals surface area contributed by atoms with Crippen molar-refractivity contribution in [3.8, 4) is 5.75 Å². The molecule has 2 aromatic carbocycles. The maximum absolute atomic E-state index is 12.5. The zero-order chi connectivity index (χ0) is 17.4. The maximum atomic E-state index is 12.5. The predicted molar refractivity (Wildman–Crippen MR) is 99.2 cm³/mol. The van der Waals surface area contributed by atoms with Crippen LogP contribution in [0.1, 0.15) is 28.8 Å². The van der Waals surface area contributed by atoms with Crippen LogP contribution in [0, 0.1) is 0 Å². The second kappa shape index (κ2) is 5.96. The van der Waals surface area contributed by atoms with Crippen molar-refractivity contribution >= 4 is 16.8 Å². The molecule has 128 valence electrons. The summed E-state index contributed by atoms with van der Waals surface area (Å²) in [7, 11) is 3.70. The van der Waals surface area contributed by atoms with E-state index in [1.807, 2.05) is 12.1 Å². The number of aryl methyl sites for hydroxylation is 1. The van der Waals surface area contributed by atoms with Crippen molar-refractivity contribution in [3.63, 3.8) is 0 Å². The van der Waals surface area contributed by atoms with Gasteiger partial charge < -0.3 is 14.6 Å². The molecule has 1 N–H and O–H groups in total. The molecule has 1 saturated carbocycles. The molecule has 0 unspecified atom stereocenters. The summed E-state index contributed by atoms with van der Waals surface area (Å²) in [6, 6.07) is 15.7. The van der Waals surface area contributed by atoms with E-state index in [0.29, 0.717) is 12.1 Å². The third kappa shape index (κ3) is 2.78. The molecule has 0 bridgehead atoms. The van der Waals surface area contributed by atoms with Crippen LogP contribution < -0.4 is 10.1 Å². The van der Waals surface area contributed by atoms with Gasteiger partial charge in [0.25, 0.3) is 5.91 Å². The van der Waals surface area contributed by atoms with Crippen LogP contribution in [0.3, 0.4) is 0 Å². The normalized spacial score (nSPS) is 15.1. The van der Waals surface area contributed by atoms with Gasteiger partial charge in [0, 0.05) is 41.7 Å². The number of methoxy groups -OCH3 is 1. The topological polar surface area (TPSA) is 43.3 Å². The molecule has 4 heteroatoms. The van der Waals surface area contributed by atoms with Gasteiger partial charge in [-0.15, -0.1) is 0 Å². The minimum absolute atomic E-state index is 0.0332. The van der Waals surface area contributed by atoms with Crippen molar-refractivity contribution in [1.82, 2.24) is 9.88 Å². The van der Waals surface area contributed by atoms with Crippen LogP contribution in [0.5, 0.6) is 5.75 Å². The molecule has 0 saturated heterocycles. The highest BCUT2D eigenvalue weighted by atomic mass is 16.5. The molecule has 3 aromatic rings. The first-order valence-corrected chi connectivity index (χ1v) is 8.60. The van der Waals surface area contributed by atoms with Gasteiger partial charge in [-0.25, -0.2) is 0 Å². The van der Waals surface area contributed by atoms with Crippen molar-refractivity contribution in [3.05, 3.63) is 65.9 Å². The summed E-state index contributed by atoms with van der Waals surface area (Å²) in [5.74, 6) is 0.722. The standard InChI is InChI=1S/C21H22N2O2/c1-23-13-18(17-5-3-4-6-19(17)23)21(11-12-21)14-22-20(24)15-7-9-16(25-2)10-8-15/h3-10,13H,11-12,14H2,1-2H3,(H,22,24). The summed E-state index contributed by atoms with van der Waals surface area (Å²) in [5, 5.41) is 4.42. The Morgan fingerprint density at radius 2 is 1.88 bits per heavy atom. The van der Waals surface area contributed by atoms with Gasteiger partial charge >= 0.3 is 0 Å². The quantitative estimate of drug-likeness (QED) is 0.774. The van der Waals surface area contributed by atoms with Crippen LogP contribution in [-0.2, 0) is 12.5 Å². The number of hydrogen-bond donors (Lipinski definition) is 1. The van der Waals surface area contributed by atoms with Crippen molar-refractivity contribution in [2.75, 3.05) is 13.7 Å². The van der Waals surface area contributed by atoms with Gasteiger partial charge in [-0.05, 0) is 48.7 Å². The Kier molecular flexibility index (Phi) is 3.75. The van der Waals surface area contributed by atoms with Gasteiger partial charge in [-0.1, -0.05) is 18.2 Å². The predicted octanol–water partition coefficient (Wildman–Crippen LogP) is 3.65. The van der Waals surface area contributed by atoms with Crippen LogP contribution in [0.15, 0.2) is 54.7 Å². The first-order chi connectivity index (χ1) is 12.1. The van der Waals surface area contributed by atoms with Crippen LogP contribution in [0.2, 0.25) is 0 Å². The minimum Gasteiger partial charge on any atom is -0.497 e. The molecule has 4 nitrogen and oxygen atoms in total. The first-order valence-electron chi connectivity index (χ1n) is 8.60. The fourth-order valence-electron chi connectivity index (χ4n) is 3.55. The first kappa shape index (κ1) is 15.8. The molecule has 1 amide bonds. The van der Waals surface area contributed by atoms with Gasteiger partial charge in [0.2, 0.25) is 0 Å². The third-order valence-electron chi connectivity index (χ3n) is 5.26. The summed E-state index contributed by atoms with van der Waals surface area (Å²) in [6.45, 7) is 0.672. The zero-order valence-electron chi connectivity index (χ0n) is 14.6. The number of nitrogens with zero attached hydrogens (tertiary/aromatic N) is 1. The fraction of sp³-hybridized carbons (Fsp3) is 0.286. The molecule has 1 heterocycles. The molecule has 1 fully saturated rings. The number of hydrogen-bond acceptors (Lipinski definition) is 2. The largest absolute Gasteiger partial charge is 0.497 e. The second-order valence-corrected chi connectivity index (χ2v) is 6.86.